The van der Waals surface area contributed by atoms with Crippen molar-refractivity contribution in [2.45, 2.75) is 39.0 Å². The Bertz CT molecular complexity index is 914. The first kappa shape index (κ1) is 19.2. The van der Waals surface area contributed by atoms with E-state index in [2.05, 4.69) is 93.3 Å². The molecule has 4 heteroatoms. The molecule has 0 N–H and O–H groups in total. The van der Waals surface area contributed by atoms with Crippen molar-refractivity contribution in [2.75, 3.05) is 0 Å². The highest BCUT2D eigenvalue weighted by molar-refractivity contribution is 7.08. The molecule has 0 spiro atoms. The van der Waals surface area contributed by atoms with Crippen molar-refractivity contribution >= 4 is 32.5 Å². The maximum absolute atomic E-state index is 13.3. The summed E-state index contributed by atoms with van der Waals surface area (Å²) in [6, 6.07) is 22.8. The van der Waals surface area contributed by atoms with Gasteiger partial charge in [0.25, 0.3) is 0 Å². The summed E-state index contributed by atoms with van der Waals surface area (Å²) in [5.41, 5.74) is 1.23. The van der Waals surface area contributed by atoms with Gasteiger partial charge in [0.2, 0.25) is 14.1 Å². The van der Waals surface area contributed by atoms with Crippen LogP contribution in [0.5, 0.6) is 0 Å². The van der Waals surface area contributed by atoms with Crippen molar-refractivity contribution in [1.29, 1.82) is 0 Å². The maximum atomic E-state index is 13.3. The molecule has 0 fully saturated rings. The van der Waals surface area contributed by atoms with Crippen LogP contribution in [0.25, 0.3) is 0 Å². The molecule has 1 unspecified atom stereocenters. The van der Waals surface area contributed by atoms with Gasteiger partial charge in [0, 0.05) is 5.92 Å². The monoisotopic (exact) mass is 404 g/mol. The lowest BCUT2D eigenvalue weighted by molar-refractivity contribution is -0.119. The summed E-state index contributed by atoms with van der Waals surface area (Å²) in [5.74, 6) is 0.757. The van der Waals surface area contributed by atoms with Crippen LogP contribution in [-0.2, 0) is 9.22 Å². The highest BCUT2D eigenvalue weighted by Gasteiger charge is 2.52. The zero-order valence-electron chi connectivity index (χ0n) is 17.2. The molecule has 0 saturated carbocycles. The Balaban J connectivity index is 2.06. The summed E-state index contributed by atoms with van der Waals surface area (Å²) >= 11 is 0. The fourth-order valence-corrected chi connectivity index (χ4v) is 10.8. The van der Waals surface area contributed by atoms with Crippen molar-refractivity contribution in [2.24, 2.45) is 5.92 Å². The number of ketones is 1. The molecule has 2 aromatic rings. The second-order valence-electron chi connectivity index (χ2n) is 8.84. The van der Waals surface area contributed by atoms with Gasteiger partial charge in [-0.3, -0.25) is 4.79 Å². The SMILES string of the molecule is CC1C(=O)C(O[Si](C)(C)C)=C2C1=CCC[Si]2(c1ccccc1)c1ccccc1. The molecule has 0 amide bonds. The van der Waals surface area contributed by atoms with E-state index in [9.17, 15) is 4.79 Å². The van der Waals surface area contributed by atoms with Gasteiger partial charge in [-0.2, -0.15) is 0 Å². The van der Waals surface area contributed by atoms with Gasteiger partial charge in [-0.25, -0.2) is 0 Å². The Morgan fingerprint density at radius 2 is 1.46 bits per heavy atom. The molecule has 0 saturated heterocycles. The van der Waals surface area contributed by atoms with E-state index in [1.807, 2.05) is 0 Å². The average molecular weight is 405 g/mol. The zero-order chi connectivity index (χ0) is 19.9. The van der Waals surface area contributed by atoms with Crippen LogP contribution in [0.1, 0.15) is 13.3 Å². The van der Waals surface area contributed by atoms with Crippen LogP contribution in [0.4, 0.5) is 0 Å². The lowest BCUT2D eigenvalue weighted by atomic mass is 10.0. The smallest absolute Gasteiger partial charge is 0.242 e. The summed E-state index contributed by atoms with van der Waals surface area (Å²) < 4.78 is 6.51. The first-order valence-electron chi connectivity index (χ1n) is 10.1. The Kier molecular flexibility index (Phi) is 4.80. The molecule has 4 rings (SSSR count). The molecular weight excluding hydrogens is 376 g/mol. The summed E-state index contributed by atoms with van der Waals surface area (Å²) in [4.78, 5) is 13.3. The third kappa shape index (κ3) is 3.05. The third-order valence-electron chi connectivity index (χ3n) is 5.85. The van der Waals surface area contributed by atoms with E-state index < -0.39 is 16.4 Å². The molecule has 2 aliphatic rings. The van der Waals surface area contributed by atoms with Crippen molar-refractivity contribution in [3.05, 3.63) is 83.3 Å². The van der Waals surface area contributed by atoms with E-state index in [1.165, 1.54) is 21.1 Å². The molecule has 144 valence electrons. The molecular formula is C24H28O2Si2. The van der Waals surface area contributed by atoms with E-state index in [1.54, 1.807) is 0 Å². The molecule has 28 heavy (non-hydrogen) atoms. The third-order valence-corrected chi connectivity index (χ3v) is 11.7. The van der Waals surface area contributed by atoms with E-state index in [-0.39, 0.29) is 11.7 Å². The molecule has 2 nitrogen and oxygen atoms in total. The van der Waals surface area contributed by atoms with Crippen molar-refractivity contribution in [3.63, 3.8) is 0 Å². The fraction of sp³-hybridized carbons (Fsp3) is 0.292. The number of rotatable bonds is 4. The van der Waals surface area contributed by atoms with E-state index in [4.69, 9.17) is 4.43 Å². The summed E-state index contributed by atoms with van der Waals surface area (Å²) in [7, 11) is -4.24. The molecule has 0 radical (unpaired) electrons. The number of benzene rings is 2. The lowest BCUT2D eigenvalue weighted by Crippen LogP contribution is -2.61. The lowest BCUT2D eigenvalue weighted by Gasteiger charge is -2.39. The van der Waals surface area contributed by atoms with Gasteiger partial charge >= 0.3 is 0 Å². The van der Waals surface area contributed by atoms with Gasteiger partial charge < -0.3 is 4.43 Å². The first-order chi connectivity index (χ1) is 13.3. The molecule has 1 aliphatic heterocycles. The largest absolute Gasteiger partial charge is 0.542 e. The maximum Gasteiger partial charge on any atom is 0.242 e. The number of Topliss-reactive ketones (excluding diaryl/α,β-unsaturated/α-hetero) is 1. The van der Waals surface area contributed by atoms with Crippen LogP contribution >= 0.6 is 0 Å². The molecule has 1 atom stereocenters. The van der Waals surface area contributed by atoms with Crippen LogP contribution in [0.15, 0.2) is 83.3 Å². The molecule has 2 aromatic carbocycles. The fourth-order valence-electron chi connectivity index (χ4n) is 4.69. The highest BCUT2D eigenvalue weighted by atomic mass is 28.4. The van der Waals surface area contributed by atoms with Crippen LogP contribution in [0, 0.1) is 5.92 Å². The van der Waals surface area contributed by atoms with Crippen LogP contribution in [0.2, 0.25) is 25.7 Å². The van der Waals surface area contributed by atoms with Crippen LogP contribution < -0.4 is 10.4 Å². The predicted molar refractivity (Wildman–Crippen MR) is 121 cm³/mol. The zero-order valence-corrected chi connectivity index (χ0v) is 19.2. The molecule has 1 aliphatic carbocycles. The van der Waals surface area contributed by atoms with Gasteiger partial charge in [0.1, 0.15) is 5.76 Å². The number of hydrogen-bond acceptors (Lipinski definition) is 2. The Morgan fingerprint density at radius 1 is 0.929 bits per heavy atom. The van der Waals surface area contributed by atoms with Gasteiger partial charge in [-0.15, -0.1) is 0 Å². The standard InChI is InChI=1S/C24H28O2Si2/c1-18-21-16-11-17-28(19-12-7-5-8-13-19,20-14-9-6-10-15-20)24(21)23(22(18)25)26-27(2,3)4/h5-10,12-16,18H,11,17H2,1-4H3. The van der Waals surface area contributed by atoms with E-state index in [0.717, 1.165) is 12.5 Å². The minimum absolute atomic E-state index is 0.0963. The molecule has 0 aromatic heterocycles. The van der Waals surface area contributed by atoms with E-state index in [0.29, 0.717) is 5.76 Å². The second-order valence-corrected chi connectivity index (χ2v) is 17.2. The Labute approximate surface area is 170 Å². The van der Waals surface area contributed by atoms with Gasteiger partial charge in [-0.05, 0) is 53.2 Å². The first-order valence-corrected chi connectivity index (χ1v) is 15.8. The molecule has 0 bridgehead atoms. The second kappa shape index (κ2) is 7.01. The van der Waals surface area contributed by atoms with Crippen molar-refractivity contribution in [1.82, 2.24) is 0 Å². The summed E-state index contributed by atoms with van der Waals surface area (Å²) in [5, 5.41) is 4.00. The van der Waals surface area contributed by atoms with Crippen molar-refractivity contribution < 1.29 is 9.22 Å². The summed E-state index contributed by atoms with van der Waals surface area (Å²) in [6.07, 6.45) is 3.32. The summed E-state index contributed by atoms with van der Waals surface area (Å²) in [6.45, 7) is 8.54. The number of carbonyl (C=O) groups is 1. The minimum atomic E-state index is -2.32. The minimum Gasteiger partial charge on any atom is -0.542 e. The topological polar surface area (TPSA) is 26.3 Å². The predicted octanol–water partition coefficient (Wildman–Crippen LogP) is 4.44. The highest BCUT2D eigenvalue weighted by Crippen LogP contribution is 2.45. The number of carbonyl (C=O) groups excluding carboxylic acids is 1. The Morgan fingerprint density at radius 3 is 1.96 bits per heavy atom. The van der Waals surface area contributed by atoms with Crippen molar-refractivity contribution in [3.8, 4) is 0 Å². The normalized spacial score (nSPS) is 21.4. The van der Waals surface area contributed by atoms with Crippen LogP contribution in [0.3, 0.4) is 0 Å². The number of hydrogen-bond donors (Lipinski definition) is 0. The molecule has 1 heterocycles. The van der Waals surface area contributed by atoms with Gasteiger partial charge in [0.05, 0.1) is 0 Å². The average Bonchev–Trinajstić information content (AvgIpc) is 2.93. The van der Waals surface area contributed by atoms with E-state index >= 15 is 0 Å². The Hall–Kier alpha value is -2.18. The van der Waals surface area contributed by atoms with Crippen LogP contribution in [-0.4, -0.2) is 22.2 Å². The van der Waals surface area contributed by atoms with Gasteiger partial charge in [0.15, 0.2) is 8.07 Å². The number of fused-ring (bicyclic) bond motifs is 1. The van der Waals surface area contributed by atoms with Gasteiger partial charge in [-0.1, -0.05) is 73.7 Å². The number of allylic oxidation sites excluding steroid dienone is 4. The quantitative estimate of drug-likeness (QED) is 0.704.